The van der Waals surface area contributed by atoms with Crippen LogP contribution in [0, 0.1) is 46.3 Å². The second kappa shape index (κ2) is 14.2. The van der Waals surface area contributed by atoms with Gasteiger partial charge in [0, 0.05) is 23.9 Å². The molecule has 12 atom stereocenters. The van der Waals surface area contributed by atoms with E-state index in [0.717, 1.165) is 32.1 Å². The fraction of sp³-hybridized carbons (Fsp3) is 0.640. The first-order valence-corrected chi connectivity index (χ1v) is 24.1. The van der Waals surface area contributed by atoms with Gasteiger partial charge in [-0.1, -0.05) is 126 Å². The topological polar surface area (TPSA) is 57.2 Å². The number of aliphatic hydroxyl groups is 1. The van der Waals surface area contributed by atoms with Crippen molar-refractivity contribution in [1.82, 2.24) is 0 Å². The molecule has 0 bridgehead atoms. The lowest BCUT2D eigenvalue weighted by Crippen LogP contribution is -2.69. The highest BCUT2D eigenvalue weighted by Gasteiger charge is 2.72. The molecule has 6 aliphatic rings. The van der Waals surface area contributed by atoms with Gasteiger partial charge in [0.1, 0.15) is 6.10 Å². The maximum Gasteiger partial charge on any atom is 0.261 e. The van der Waals surface area contributed by atoms with Gasteiger partial charge in [-0.15, -0.1) is 0 Å². The summed E-state index contributed by atoms with van der Waals surface area (Å²) in [6.45, 7) is 17.7. The zero-order valence-corrected chi connectivity index (χ0v) is 36.2. The van der Waals surface area contributed by atoms with E-state index in [4.69, 9.17) is 18.6 Å². The van der Waals surface area contributed by atoms with E-state index in [9.17, 15) is 5.11 Å². The Morgan fingerprint density at radius 1 is 0.768 bits per heavy atom. The second-order valence-corrected chi connectivity index (χ2v) is 25.3. The molecule has 0 aromatic heterocycles. The summed E-state index contributed by atoms with van der Waals surface area (Å²) in [7, 11) is -2.63. The quantitative estimate of drug-likeness (QED) is 0.242. The Labute approximate surface area is 338 Å². The van der Waals surface area contributed by atoms with E-state index >= 15 is 0 Å². The average molecular weight is 777 g/mol. The molecule has 3 aromatic rings. The lowest BCUT2D eigenvalue weighted by molar-refractivity contribution is -0.363. The molecule has 56 heavy (non-hydrogen) atoms. The minimum absolute atomic E-state index is 0.0277. The Balaban J connectivity index is 0.948. The molecule has 0 radical (unpaired) electrons. The highest BCUT2D eigenvalue weighted by molar-refractivity contribution is 6.99. The molecule has 2 saturated heterocycles. The first-order valence-electron chi connectivity index (χ1n) is 22.2. The van der Waals surface area contributed by atoms with Crippen molar-refractivity contribution in [3.63, 3.8) is 0 Å². The van der Waals surface area contributed by atoms with E-state index in [0.29, 0.717) is 42.8 Å². The molecule has 2 spiro atoms. The molecule has 2 aliphatic heterocycles. The van der Waals surface area contributed by atoms with Crippen LogP contribution in [0.15, 0.2) is 91.0 Å². The van der Waals surface area contributed by atoms with Crippen molar-refractivity contribution in [3.8, 4) is 0 Å². The molecule has 9 rings (SSSR count). The van der Waals surface area contributed by atoms with E-state index in [1.54, 1.807) is 0 Å². The van der Waals surface area contributed by atoms with Crippen LogP contribution < -0.4 is 10.4 Å². The highest BCUT2D eigenvalue weighted by Crippen LogP contribution is 2.71. The third-order valence-electron chi connectivity index (χ3n) is 16.9. The number of ether oxygens (including phenoxy) is 3. The van der Waals surface area contributed by atoms with E-state index in [1.807, 2.05) is 0 Å². The number of benzene rings is 3. The monoisotopic (exact) mass is 776 g/mol. The van der Waals surface area contributed by atoms with Gasteiger partial charge in [0.05, 0.1) is 24.9 Å². The average Bonchev–Trinajstić information content (AvgIpc) is 3.72. The number of hydrogen-bond acceptors (Lipinski definition) is 5. The third kappa shape index (κ3) is 6.00. The van der Waals surface area contributed by atoms with Crippen LogP contribution in [0.25, 0.3) is 0 Å². The van der Waals surface area contributed by atoms with Gasteiger partial charge in [-0.3, -0.25) is 0 Å². The summed E-state index contributed by atoms with van der Waals surface area (Å²) in [5.74, 6) is 1.98. The molecule has 5 nitrogen and oxygen atoms in total. The van der Waals surface area contributed by atoms with Crippen LogP contribution in [0.5, 0.6) is 0 Å². The van der Waals surface area contributed by atoms with E-state index in [-0.39, 0.29) is 45.7 Å². The zero-order chi connectivity index (χ0) is 39.1. The fourth-order valence-electron chi connectivity index (χ4n) is 14.4. The normalized spacial score (nSPS) is 40.4. The fourth-order valence-corrected chi connectivity index (χ4v) is 19.1. The van der Waals surface area contributed by atoms with E-state index < -0.39 is 14.1 Å². The van der Waals surface area contributed by atoms with E-state index in [1.165, 1.54) is 41.6 Å². The Morgan fingerprint density at radius 3 is 2.04 bits per heavy atom. The van der Waals surface area contributed by atoms with Crippen molar-refractivity contribution >= 4 is 18.7 Å². The van der Waals surface area contributed by atoms with Crippen LogP contribution in [-0.4, -0.2) is 49.7 Å². The highest BCUT2D eigenvalue weighted by atomic mass is 28.4. The van der Waals surface area contributed by atoms with Crippen LogP contribution in [0.3, 0.4) is 0 Å². The van der Waals surface area contributed by atoms with E-state index in [2.05, 4.69) is 139 Å². The molecule has 4 aliphatic carbocycles. The largest absolute Gasteiger partial charge is 0.404 e. The lowest BCUT2D eigenvalue weighted by Gasteiger charge is -2.65. The SMILES string of the molecule is C[C@@H]1[C@H]2CC[C@H]3[C@@H]4CC[C@H]5C[C@@H](O[Si](c6ccccc6)(c6ccccc6)C(C)(C)C)CC[C@]5(C)[C@H]4C[C@@H](O)[C@]23CO[C@@]12OC(C)(C)C[C@H]2OCc1ccccc1. The summed E-state index contributed by atoms with van der Waals surface area (Å²) in [4.78, 5) is 0. The number of rotatable bonds is 7. The molecule has 2 heterocycles. The summed E-state index contributed by atoms with van der Waals surface area (Å²) in [6.07, 6.45) is 9.68. The minimum atomic E-state index is -2.63. The van der Waals surface area contributed by atoms with Gasteiger partial charge < -0.3 is 23.7 Å². The third-order valence-corrected chi connectivity index (χ3v) is 22.0. The molecular weight excluding hydrogens is 709 g/mol. The number of hydrogen-bond donors (Lipinski definition) is 1. The van der Waals surface area contributed by atoms with Gasteiger partial charge in [-0.05, 0) is 121 Å². The van der Waals surface area contributed by atoms with Gasteiger partial charge >= 0.3 is 0 Å². The van der Waals surface area contributed by atoms with Crippen LogP contribution in [0.4, 0.5) is 0 Å². The molecular formula is C50H68O5Si. The Hall–Kier alpha value is -2.32. The van der Waals surface area contributed by atoms with Crippen LogP contribution in [0.1, 0.15) is 112 Å². The molecule has 0 unspecified atom stereocenters. The molecule has 3 aromatic carbocycles. The number of fused-ring (bicyclic) bond motifs is 4. The van der Waals surface area contributed by atoms with Crippen molar-refractivity contribution in [1.29, 1.82) is 0 Å². The Kier molecular flexibility index (Phi) is 9.90. The summed E-state index contributed by atoms with van der Waals surface area (Å²) in [5.41, 5.74) is 0.848. The summed E-state index contributed by atoms with van der Waals surface area (Å²) < 4.78 is 28.7. The smallest absolute Gasteiger partial charge is 0.261 e. The van der Waals surface area contributed by atoms with Crippen LogP contribution >= 0.6 is 0 Å². The lowest BCUT2D eigenvalue weighted by atomic mass is 9.43. The molecule has 302 valence electrons. The summed E-state index contributed by atoms with van der Waals surface area (Å²) >= 11 is 0. The molecule has 1 N–H and O–H groups in total. The first kappa shape index (κ1) is 39.2. The second-order valence-electron chi connectivity index (χ2n) is 21.0. The number of aliphatic hydroxyl groups excluding tert-OH is 1. The van der Waals surface area contributed by atoms with Crippen LogP contribution in [0.2, 0.25) is 5.04 Å². The summed E-state index contributed by atoms with van der Waals surface area (Å²) in [6, 6.07) is 32.8. The standard InChI is InChI=1S/C50H68O5Si/c1-34-41-25-26-42-40-24-23-36-29-37(54-56(46(2,3)4,38-19-13-9-14-20-38)39-21-15-10-16-22-39)27-28-48(36,7)43(40)30-44(51)49(41,42)33-53-50(34)45(31-47(5,6)55-50)52-32-35-17-11-8-12-18-35/h8-22,34,36-37,40-45,51H,23-33H2,1-7H3/t34-,36+,37+,40+,41-,42+,43+,44-,45-,48+,49-,50-/m1/s1. The van der Waals surface area contributed by atoms with Gasteiger partial charge in [-0.2, -0.15) is 0 Å². The maximum atomic E-state index is 12.7. The Morgan fingerprint density at radius 2 is 1.39 bits per heavy atom. The molecule has 6 fully saturated rings. The zero-order valence-electron chi connectivity index (χ0n) is 35.2. The van der Waals surface area contributed by atoms with Crippen molar-refractivity contribution in [2.45, 2.75) is 148 Å². The first-order chi connectivity index (χ1) is 26.7. The van der Waals surface area contributed by atoms with Gasteiger partial charge in [-0.25, -0.2) is 0 Å². The maximum absolute atomic E-state index is 12.7. The molecule has 4 saturated carbocycles. The van der Waals surface area contributed by atoms with Gasteiger partial charge in [0.25, 0.3) is 8.32 Å². The van der Waals surface area contributed by atoms with Crippen molar-refractivity contribution in [2.75, 3.05) is 6.61 Å². The van der Waals surface area contributed by atoms with Gasteiger partial charge in [0.2, 0.25) is 0 Å². The Bertz CT molecular complexity index is 1790. The molecule has 0 amide bonds. The van der Waals surface area contributed by atoms with Crippen molar-refractivity contribution < 1.29 is 23.7 Å². The summed E-state index contributed by atoms with van der Waals surface area (Å²) in [5, 5.41) is 15.4. The van der Waals surface area contributed by atoms with Crippen LogP contribution in [-0.2, 0) is 25.2 Å². The van der Waals surface area contributed by atoms with Gasteiger partial charge in [0.15, 0.2) is 5.79 Å². The van der Waals surface area contributed by atoms with Crippen molar-refractivity contribution in [3.05, 3.63) is 96.6 Å². The predicted molar refractivity (Wildman–Crippen MR) is 226 cm³/mol. The predicted octanol–water partition coefficient (Wildman–Crippen LogP) is 9.69. The molecule has 6 heteroatoms. The van der Waals surface area contributed by atoms with Crippen molar-refractivity contribution in [2.24, 2.45) is 46.3 Å². The minimum Gasteiger partial charge on any atom is -0.404 e.